The molecule has 0 radical (unpaired) electrons. The van der Waals surface area contributed by atoms with Crippen LogP contribution in [-0.4, -0.2) is 13.2 Å². The fourth-order valence-electron chi connectivity index (χ4n) is 2.91. The average molecular weight is 283 g/mol. The van der Waals surface area contributed by atoms with Gasteiger partial charge in [0.25, 0.3) is 0 Å². The largest absolute Gasteiger partial charge is 0.488 e. The molecule has 0 fully saturated rings. The van der Waals surface area contributed by atoms with Gasteiger partial charge in [-0.05, 0) is 36.1 Å². The molecule has 2 atom stereocenters. The molecule has 2 aromatic rings. The third-order valence-electron chi connectivity index (χ3n) is 3.96. The molecular weight excluding hydrogens is 262 g/mol. The SMILES string of the molecule is CCC1Oc2ccc(Cc3ccccc3)cc2C1NOC. The Bertz CT molecular complexity index is 597. The first-order chi connectivity index (χ1) is 10.3. The van der Waals surface area contributed by atoms with Gasteiger partial charge in [0, 0.05) is 5.56 Å². The molecule has 0 bridgehead atoms. The maximum absolute atomic E-state index is 5.98. The molecule has 1 aliphatic heterocycles. The summed E-state index contributed by atoms with van der Waals surface area (Å²) in [6.45, 7) is 2.13. The Morgan fingerprint density at radius 2 is 1.90 bits per heavy atom. The predicted octanol–water partition coefficient (Wildman–Crippen LogP) is 3.64. The molecule has 2 unspecified atom stereocenters. The van der Waals surface area contributed by atoms with Crippen molar-refractivity contribution in [2.75, 3.05) is 7.11 Å². The molecule has 110 valence electrons. The summed E-state index contributed by atoms with van der Waals surface area (Å²) in [4.78, 5) is 5.14. The summed E-state index contributed by atoms with van der Waals surface area (Å²) in [5.74, 6) is 0.966. The maximum atomic E-state index is 5.98. The highest BCUT2D eigenvalue weighted by atomic mass is 16.6. The summed E-state index contributed by atoms with van der Waals surface area (Å²) in [5, 5.41) is 0. The van der Waals surface area contributed by atoms with E-state index in [0.717, 1.165) is 18.6 Å². The van der Waals surface area contributed by atoms with E-state index in [0.29, 0.717) is 0 Å². The number of hydroxylamine groups is 1. The number of hydrogen-bond acceptors (Lipinski definition) is 3. The highest BCUT2D eigenvalue weighted by Gasteiger charge is 2.33. The van der Waals surface area contributed by atoms with Gasteiger partial charge in [-0.25, -0.2) is 0 Å². The molecule has 2 aromatic carbocycles. The molecule has 0 aliphatic carbocycles. The van der Waals surface area contributed by atoms with Crippen LogP contribution in [0, 0.1) is 0 Å². The van der Waals surface area contributed by atoms with Gasteiger partial charge in [-0.2, -0.15) is 5.48 Å². The highest BCUT2D eigenvalue weighted by molar-refractivity contribution is 5.44. The quantitative estimate of drug-likeness (QED) is 0.850. The molecule has 0 aromatic heterocycles. The third-order valence-corrected chi connectivity index (χ3v) is 3.96. The van der Waals surface area contributed by atoms with Crippen molar-refractivity contribution >= 4 is 0 Å². The summed E-state index contributed by atoms with van der Waals surface area (Å²) >= 11 is 0. The highest BCUT2D eigenvalue weighted by Crippen LogP contribution is 2.38. The lowest BCUT2D eigenvalue weighted by atomic mass is 9.98. The predicted molar refractivity (Wildman–Crippen MR) is 83.3 cm³/mol. The summed E-state index contributed by atoms with van der Waals surface area (Å²) < 4.78 is 5.98. The van der Waals surface area contributed by atoms with Crippen LogP contribution in [0.2, 0.25) is 0 Å². The summed E-state index contributed by atoms with van der Waals surface area (Å²) in [5.41, 5.74) is 6.87. The van der Waals surface area contributed by atoms with E-state index in [1.54, 1.807) is 7.11 Å². The van der Waals surface area contributed by atoms with Crippen LogP contribution in [-0.2, 0) is 11.3 Å². The van der Waals surface area contributed by atoms with E-state index in [2.05, 4.69) is 54.9 Å². The molecular formula is C18H21NO2. The monoisotopic (exact) mass is 283 g/mol. The fourth-order valence-corrected chi connectivity index (χ4v) is 2.91. The van der Waals surface area contributed by atoms with Crippen molar-refractivity contribution in [2.24, 2.45) is 0 Å². The lowest BCUT2D eigenvalue weighted by molar-refractivity contribution is 0.0283. The van der Waals surface area contributed by atoms with Crippen LogP contribution in [0.1, 0.15) is 36.1 Å². The van der Waals surface area contributed by atoms with Crippen molar-refractivity contribution < 1.29 is 9.57 Å². The lowest BCUT2D eigenvalue weighted by Crippen LogP contribution is -2.29. The molecule has 1 heterocycles. The number of benzene rings is 2. The van der Waals surface area contributed by atoms with Crippen molar-refractivity contribution in [1.82, 2.24) is 5.48 Å². The lowest BCUT2D eigenvalue weighted by Gasteiger charge is -2.17. The van der Waals surface area contributed by atoms with Crippen molar-refractivity contribution in [3.8, 4) is 5.75 Å². The Morgan fingerprint density at radius 3 is 2.62 bits per heavy atom. The van der Waals surface area contributed by atoms with E-state index >= 15 is 0 Å². The van der Waals surface area contributed by atoms with Crippen LogP contribution >= 0.6 is 0 Å². The number of nitrogens with one attached hydrogen (secondary N) is 1. The Kier molecular flexibility index (Phi) is 4.23. The fraction of sp³-hybridized carbons (Fsp3) is 0.333. The second-order valence-electron chi connectivity index (χ2n) is 5.40. The van der Waals surface area contributed by atoms with E-state index in [-0.39, 0.29) is 12.1 Å². The van der Waals surface area contributed by atoms with E-state index in [4.69, 9.17) is 9.57 Å². The smallest absolute Gasteiger partial charge is 0.124 e. The second-order valence-corrected chi connectivity index (χ2v) is 5.40. The third kappa shape index (κ3) is 2.94. The first-order valence-corrected chi connectivity index (χ1v) is 7.43. The standard InChI is InChI=1S/C18H21NO2/c1-3-16-18(19-20-2)15-12-14(9-10-17(15)21-16)11-13-7-5-4-6-8-13/h4-10,12,16,18-19H,3,11H2,1-2H3. The first-order valence-electron chi connectivity index (χ1n) is 7.43. The van der Waals surface area contributed by atoms with Gasteiger partial charge in [0.15, 0.2) is 0 Å². The molecule has 21 heavy (non-hydrogen) atoms. The van der Waals surface area contributed by atoms with Crippen LogP contribution in [0.4, 0.5) is 0 Å². The average Bonchev–Trinajstić information content (AvgIpc) is 2.86. The van der Waals surface area contributed by atoms with Crippen LogP contribution in [0.5, 0.6) is 5.75 Å². The Labute approximate surface area is 125 Å². The number of rotatable bonds is 5. The van der Waals surface area contributed by atoms with Crippen LogP contribution < -0.4 is 10.2 Å². The van der Waals surface area contributed by atoms with Gasteiger partial charge < -0.3 is 9.57 Å². The summed E-state index contributed by atoms with van der Waals surface area (Å²) in [6.07, 6.45) is 2.01. The number of ether oxygens (including phenoxy) is 1. The minimum Gasteiger partial charge on any atom is -0.488 e. The molecule has 0 amide bonds. The maximum Gasteiger partial charge on any atom is 0.124 e. The normalized spacial score (nSPS) is 20.1. The molecule has 0 saturated carbocycles. The zero-order valence-corrected chi connectivity index (χ0v) is 12.5. The Hall–Kier alpha value is -1.84. The van der Waals surface area contributed by atoms with Gasteiger partial charge in [-0.1, -0.05) is 43.3 Å². The topological polar surface area (TPSA) is 30.5 Å². The van der Waals surface area contributed by atoms with Crippen molar-refractivity contribution in [3.63, 3.8) is 0 Å². The van der Waals surface area contributed by atoms with Crippen LogP contribution in [0.15, 0.2) is 48.5 Å². The van der Waals surface area contributed by atoms with Crippen molar-refractivity contribution in [1.29, 1.82) is 0 Å². The summed E-state index contributed by atoms with van der Waals surface area (Å²) in [7, 11) is 1.65. The minimum absolute atomic E-state index is 0.103. The van der Waals surface area contributed by atoms with Crippen molar-refractivity contribution in [3.05, 3.63) is 65.2 Å². The van der Waals surface area contributed by atoms with Crippen LogP contribution in [0.25, 0.3) is 0 Å². The van der Waals surface area contributed by atoms with Crippen LogP contribution in [0.3, 0.4) is 0 Å². The van der Waals surface area contributed by atoms with Gasteiger partial charge in [0.1, 0.15) is 11.9 Å². The Balaban J connectivity index is 1.86. The minimum atomic E-state index is 0.103. The molecule has 3 nitrogen and oxygen atoms in total. The first kappa shape index (κ1) is 14.1. The van der Waals surface area contributed by atoms with Gasteiger partial charge >= 0.3 is 0 Å². The molecule has 3 heteroatoms. The molecule has 1 N–H and O–H groups in total. The summed E-state index contributed by atoms with van der Waals surface area (Å²) in [6, 6.07) is 17.1. The van der Waals surface area contributed by atoms with Gasteiger partial charge in [-0.3, -0.25) is 0 Å². The van der Waals surface area contributed by atoms with E-state index in [9.17, 15) is 0 Å². The zero-order chi connectivity index (χ0) is 14.7. The molecule has 3 rings (SSSR count). The van der Waals surface area contributed by atoms with Gasteiger partial charge in [0.05, 0.1) is 13.2 Å². The van der Waals surface area contributed by atoms with E-state index < -0.39 is 0 Å². The van der Waals surface area contributed by atoms with E-state index in [1.165, 1.54) is 16.7 Å². The van der Waals surface area contributed by atoms with Gasteiger partial charge in [0.2, 0.25) is 0 Å². The molecule has 1 aliphatic rings. The molecule has 0 spiro atoms. The Morgan fingerprint density at radius 1 is 1.10 bits per heavy atom. The van der Waals surface area contributed by atoms with Gasteiger partial charge in [-0.15, -0.1) is 0 Å². The second kappa shape index (κ2) is 6.29. The zero-order valence-electron chi connectivity index (χ0n) is 12.5. The van der Waals surface area contributed by atoms with E-state index in [1.807, 2.05) is 6.07 Å². The molecule has 0 saturated heterocycles. The van der Waals surface area contributed by atoms with Crippen molar-refractivity contribution in [2.45, 2.75) is 31.9 Å². The number of fused-ring (bicyclic) bond motifs is 1. The number of hydrogen-bond donors (Lipinski definition) is 1.